The van der Waals surface area contributed by atoms with Gasteiger partial charge in [0.2, 0.25) is 11.8 Å². The molecule has 34 heavy (non-hydrogen) atoms. The smallest absolute Gasteiger partial charge is 0.246 e. The number of benzene rings is 1. The van der Waals surface area contributed by atoms with Crippen LogP contribution >= 0.6 is 11.3 Å². The van der Waals surface area contributed by atoms with Gasteiger partial charge in [0.25, 0.3) is 0 Å². The Hall–Kier alpha value is -2.71. The van der Waals surface area contributed by atoms with Gasteiger partial charge in [-0.2, -0.15) is 0 Å². The molecule has 182 valence electrons. The summed E-state index contributed by atoms with van der Waals surface area (Å²) in [7, 11) is 0. The minimum atomic E-state index is 0.0118. The first-order valence-electron chi connectivity index (χ1n) is 12.2. The molecule has 3 heterocycles. The molecule has 2 aromatic rings. The van der Waals surface area contributed by atoms with Crippen LogP contribution in [0.4, 0.5) is 0 Å². The number of amides is 2. The summed E-state index contributed by atoms with van der Waals surface area (Å²) in [5.74, 6) is 1.02. The second-order valence-electron chi connectivity index (χ2n) is 8.95. The van der Waals surface area contributed by atoms with Gasteiger partial charge in [-0.1, -0.05) is 25.0 Å². The van der Waals surface area contributed by atoms with Crippen molar-refractivity contribution in [1.29, 1.82) is 0 Å². The number of thiazole rings is 1. The van der Waals surface area contributed by atoms with Crippen LogP contribution in [0, 0.1) is 6.92 Å². The quantitative estimate of drug-likeness (QED) is 0.565. The molecule has 0 atom stereocenters. The van der Waals surface area contributed by atoms with Crippen LogP contribution in [0.15, 0.2) is 35.7 Å². The van der Waals surface area contributed by atoms with Gasteiger partial charge in [0.15, 0.2) is 0 Å². The summed E-state index contributed by atoms with van der Waals surface area (Å²) in [5.41, 5.74) is 1.88. The first-order valence-corrected chi connectivity index (χ1v) is 13.1. The Morgan fingerprint density at radius 3 is 2.32 bits per heavy atom. The summed E-state index contributed by atoms with van der Waals surface area (Å²) in [6.45, 7) is 7.46. The molecule has 0 saturated carbocycles. The van der Waals surface area contributed by atoms with E-state index in [9.17, 15) is 9.59 Å². The molecule has 4 rings (SSSR count). The summed E-state index contributed by atoms with van der Waals surface area (Å²) in [6.07, 6.45) is 8.15. The molecule has 2 saturated heterocycles. The molecule has 1 aromatic heterocycles. The van der Waals surface area contributed by atoms with Crippen molar-refractivity contribution in [3.05, 3.63) is 52.0 Å². The van der Waals surface area contributed by atoms with Gasteiger partial charge in [-0.25, -0.2) is 4.98 Å². The van der Waals surface area contributed by atoms with Crippen LogP contribution < -0.4 is 4.74 Å². The second-order valence-corrected chi connectivity index (χ2v) is 10.0. The van der Waals surface area contributed by atoms with Crippen molar-refractivity contribution < 1.29 is 14.3 Å². The number of nitrogens with zero attached hydrogens (tertiary/aromatic N) is 4. The number of ether oxygens (including phenoxy) is 1. The van der Waals surface area contributed by atoms with Gasteiger partial charge in [0.1, 0.15) is 12.4 Å². The maximum absolute atomic E-state index is 12.6. The summed E-state index contributed by atoms with van der Waals surface area (Å²) >= 11 is 1.62. The average molecular weight is 483 g/mol. The number of carbonyl (C=O) groups excluding carboxylic acids is 2. The molecule has 0 bridgehead atoms. The third kappa shape index (κ3) is 7.14. The highest BCUT2D eigenvalue weighted by molar-refractivity contribution is 7.09. The fraction of sp³-hybridized carbons (Fsp3) is 0.500. The molecular weight excluding hydrogens is 448 g/mol. The van der Waals surface area contributed by atoms with Gasteiger partial charge >= 0.3 is 0 Å². The van der Waals surface area contributed by atoms with E-state index < -0.39 is 0 Å². The Bertz CT molecular complexity index is 972. The highest BCUT2D eigenvalue weighted by Crippen LogP contribution is 2.17. The zero-order valence-electron chi connectivity index (χ0n) is 19.9. The number of likely N-dealkylation sites (tertiary alicyclic amines) is 1. The predicted molar refractivity (Wildman–Crippen MR) is 135 cm³/mol. The Morgan fingerprint density at radius 2 is 1.68 bits per heavy atom. The van der Waals surface area contributed by atoms with Gasteiger partial charge in [-0.3, -0.25) is 14.5 Å². The van der Waals surface area contributed by atoms with Crippen molar-refractivity contribution in [3.8, 4) is 5.75 Å². The number of aryl methyl sites for hydroxylation is 1. The van der Waals surface area contributed by atoms with Crippen molar-refractivity contribution in [2.24, 2.45) is 0 Å². The summed E-state index contributed by atoms with van der Waals surface area (Å²) in [5, 5.41) is 3.04. The van der Waals surface area contributed by atoms with Crippen LogP contribution in [0.25, 0.3) is 6.08 Å². The van der Waals surface area contributed by atoms with Crippen LogP contribution in [0.5, 0.6) is 5.75 Å². The van der Waals surface area contributed by atoms with Gasteiger partial charge in [-0.15, -0.1) is 11.3 Å². The van der Waals surface area contributed by atoms with Gasteiger partial charge in [0.05, 0.1) is 17.2 Å². The Morgan fingerprint density at radius 1 is 0.971 bits per heavy atom. The molecule has 2 aliphatic heterocycles. The summed E-state index contributed by atoms with van der Waals surface area (Å²) in [6, 6.07) is 7.70. The fourth-order valence-electron chi connectivity index (χ4n) is 4.32. The zero-order chi connectivity index (χ0) is 23.8. The molecule has 1 aromatic carbocycles. The van der Waals surface area contributed by atoms with E-state index in [1.807, 2.05) is 52.4 Å². The minimum absolute atomic E-state index is 0.0118. The van der Waals surface area contributed by atoms with E-state index in [0.29, 0.717) is 26.2 Å². The SMILES string of the molecule is Cc1nc(COc2ccc(/C=C/C(=O)N3CCN(CC(=O)N4CCCCCC4)CC3)cc2)cs1. The van der Waals surface area contributed by atoms with Crippen LogP contribution in [0.3, 0.4) is 0 Å². The first-order chi connectivity index (χ1) is 16.6. The lowest BCUT2D eigenvalue weighted by molar-refractivity contribution is -0.133. The van der Waals surface area contributed by atoms with E-state index in [-0.39, 0.29) is 11.8 Å². The highest BCUT2D eigenvalue weighted by atomic mass is 32.1. The zero-order valence-corrected chi connectivity index (χ0v) is 20.8. The van der Waals surface area contributed by atoms with Crippen molar-refractivity contribution in [1.82, 2.24) is 19.7 Å². The molecule has 0 spiro atoms. The Balaban J connectivity index is 1.19. The van der Waals surface area contributed by atoms with Crippen molar-refractivity contribution in [2.45, 2.75) is 39.2 Å². The lowest BCUT2D eigenvalue weighted by atomic mass is 10.2. The van der Waals surface area contributed by atoms with Gasteiger partial charge in [0, 0.05) is 50.7 Å². The lowest BCUT2D eigenvalue weighted by Gasteiger charge is -2.34. The maximum atomic E-state index is 12.6. The summed E-state index contributed by atoms with van der Waals surface area (Å²) in [4.78, 5) is 35.7. The van der Waals surface area contributed by atoms with Gasteiger partial charge in [-0.05, 0) is 43.5 Å². The van der Waals surface area contributed by atoms with Crippen LogP contribution in [0.1, 0.15) is 41.9 Å². The molecule has 0 unspecified atom stereocenters. The largest absolute Gasteiger partial charge is 0.487 e. The number of hydrogen-bond donors (Lipinski definition) is 0. The Kier molecular flexibility index (Phi) is 8.71. The van der Waals surface area contributed by atoms with Crippen molar-refractivity contribution in [3.63, 3.8) is 0 Å². The van der Waals surface area contributed by atoms with E-state index in [0.717, 1.165) is 61.0 Å². The fourth-order valence-corrected chi connectivity index (χ4v) is 4.91. The summed E-state index contributed by atoms with van der Waals surface area (Å²) < 4.78 is 5.78. The lowest BCUT2D eigenvalue weighted by Crippen LogP contribution is -2.51. The average Bonchev–Trinajstić information content (AvgIpc) is 3.09. The second kappa shape index (κ2) is 12.1. The number of carbonyl (C=O) groups is 2. The normalized spacial score (nSPS) is 17.7. The van der Waals surface area contributed by atoms with E-state index in [1.54, 1.807) is 17.4 Å². The third-order valence-corrected chi connectivity index (χ3v) is 7.18. The molecular formula is C26H34N4O3S. The molecule has 2 amide bonds. The number of piperazine rings is 1. The third-order valence-electron chi connectivity index (χ3n) is 6.35. The maximum Gasteiger partial charge on any atom is 0.246 e. The number of hydrogen-bond acceptors (Lipinski definition) is 6. The molecule has 2 fully saturated rings. The van der Waals surface area contributed by atoms with Crippen LogP contribution in [-0.4, -0.2) is 77.3 Å². The van der Waals surface area contributed by atoms with Gasteiger partial charge < -0.3 is 14.5 Å². The molecule has 2 aliphatic rings. The minimum Gasteiger partial charge on any atom is -0.487 e. The molecule has 8 heteroatoms. The Labute approximate surface area is 206 Å². The topological polar surface area (TPSA) is 66.0 Å². The predicted octanol–water partition coefficient (Wildman–Crippen LogP) is 3.59. The monoisotopic (exact) mass is 482 g/mol. The molecule has 0 radical (unpaired) electrons. The standard InChI is InChI=1S/C26H34N4O3S/c1-21-27-23(20-34-21)19-33-24-9-6-22(7-10-24)8-11-25(31)30-16-14-28(15-17-30)18-26(32)29-12-4-2-3-5-13-29/h6-11,20H,2-5,12-19H2,1H3/b11-8+. The van der Waals surface area contributed by atoms with Crippen molar-refractivity contribution >= 4 is 29.2 Å². The van der Waals surface area contributed by atoms with Crippen molar-refractivity contribution in [2.75, 3.05) is 45.8 Å². The molecule has 7 nitrogen and oxygen atoms in total. The molecule has 0 N–H and O–H groups in total. The van der Waals surface area contributed by atoms with E-state index in [2.05, 4.69) is 9.88 Å². The highest BCUT2D eigenvalue weighted by Gasteiger charge is 2.23. The van der Waals surface area contributed by atoms with E-state index in [4.69, 9.17) is 4.74 Å². The number of rotatable bonds is 7. The van der Waals surface area contributed by atoms with E-state index in [1.165, 1.54) is 12.8 Å². The van der Waals surface area contributed by atoms with Crippen LogP contribution in [-0.2, 0) is 16.2 Å². The molecule has 0 aliphatic carbocycles. The first kappa shape index (κ1) is 24.4. The van der Waals surface area contributed by atoms with E-state index >= 15 is 0 Å². The number of aromatic nitrogens is 1. The van der Waals surface area contributed by atoms with Crippen LogP contribution in [0.2, 0.25) is 0 Å².